The summed E-state index contributed by atoms with van der Waals surface area (Å²) >= 11 is 0. The molecule has 0 aliphatic carbocycles. The molecule has 19 heavy (non-hydrogen) atoms. The second-order valence-electron chi connectivity index (χ2n) is 5.03. The van der Waals surface area contributed by atoms with Gasteiger partial charge in [0.15, 0.2) is 0 Å². The first kappa shape index (κ1) is 13.8. The van der Waals surface area contributed by atoms with Crippen molar-refractivity contribution in [2.45, 2.75) is 19.8 Å². The van der Waals surface area contributed by atoms with Crippen molar-refractivity contribution >= 4 is 26.6 Å². The maximum atomic E-state index is 11.6. The van der Waals surface area contributed by atoms with E-state index in [9.17, 15) is 8.42 Å². The predicted molar refractivity (Wildman–Crippen MR) is 79.1 cm³/mol. The predicted octanol–water partition coefficient (Wildman–Crippen LogP) is 2.75. The van der Waals surface area contributed by atoms with Gasteiger partial charge in [-0.05, 0) is 35.7 Å². The van der Waals surface area contributed by atoms with E-state index in [4.69, 9.17) is 0 Å². The van der Waals surface area contributed by atoms with Gasteiger partial charge in [-0.3, -0.25) is 9.29 Å². The fourth-order valence-corrected chi connectivity index (χ4v) is 2.34. The third-order valence-corrected chi connectivity index (χ3v) is 4.42. The molecule has 0 saturated carbocycles. The summed E-state index contributed by atoms with van der Waals surface area (Å²) in [6.45, 7) is 4.21. The van der Waals surface area contributed by atoms with Crippen LogP contribution in [0.15, 0.2) is 30.5 Å². The van der Waals surface area contributed by atoms with Gasteiger partial charge in [0.25, 0.3) is 0 Å². The molecule has 1 aromatic heterocycles. The summed E-state index contributed by atoms with van der Waals surface area (Å²) in [6.07, 6.45) is 3.06. The minimum atomic E-state index is -3.24. The number of nitrogens with zero attached hydrogens (tertiary/aromatic N) is 2. The van der Waals surface area contributed by atoms with E-state index in [1.165, 1.54) is 10.6 Å². The summed E-state index contributed by atoms with van der Waals surface area (Å²) in [7, 11) is -1.69. The summed E-state index contributed by atoms with van der Waals surface area (Å²) in [4.78, 5) is 4.40. The number of benzene rings is 1. The smallest absolute Gasteiger partial charge is 0.231 e. The van der Waals surface area contributed by atoms with Crippen molar-refractivity contribution in [3.8, 4) is 0 Å². The second-order valence-corrected chi connectivity index (χ2v) is 7.04. The van der Waals surface area contributed by atoms with Crippen LogP contribution in [0.25, 0.3) is 10.9 Å². The van der Waals surface area contributed by atoms with Crippen LogP contribution in [-0.4, -0.2) is 26.7 Å². The van der Waals surface area contributed by atoms with Gasteiger partial charge in [-0.1, -0.05) is 13.8 Å². The van der Waals surface area contributed by atoms with Crippen LogP contribution in [0.3, 0.4) is 0 Å². The molecule has 0 saturated heterocycles. The molecule has 2 aromatic rings. The Morgan fingerprint density at radius 2 is 1.89 bits per heavy atom. The van der Waals surface area contributed by atoms with E-state index < -0.39 is 10.0 Å². The number of fused-ring (bicyclic) bond motifs is 1. The zero-order chi connectivity index (χ0) is 14.2. The number of hydrogen-bond acceptors (Lipinski definition) is 3. The molecule has 0 spiro atoms. The molecule has 0 aliphatic rings. The fourth-order valence-electron chi connectivity index (χ4n) is 1.84. The van der Waals surface area contributed by atoms with Crippen molar-refractivity contribution in [3.05, 3.63) is 36.0 Å². The first-order valence-corrected chi connectivity index (χ1v) is 7.97. The van der Waals surface area contributed by atoms with Crippen LogP contribution >= 0.6 is 0 Å². The number of sulfonamides is 1. The maximum absolute atomic E-state index is 11.6. The molecule has 0 radical (unpaired) electrons. The zero-order valence-corrected chi connectivity index (χ0v) is 12.4. The Balaban J connectivity index is 2.55. The molecule has 0 amide bonds. The van der Waals surface area contributed by atoms with Crippen LogP contribution in [0.1, 0.15) is 25.3 Å². The molecule has 2 rings (SSSR count). The molecule has 4 nitrogen and oxygen atoms in total. The van der Waals surface area contributed by atoms with Crippen molar-refractivity contribution in [1.29, 1.82) is 0 Å². The number of anilines is 1. The fraction of sp³-hybridized carbons (Fsp3) is 0.357. The molecule has 0 atom stereocenters. The summed E-state index contributed by atoms with van der Waals surface area (Å²) in [5.74, 6) is 0.396. The minimum Gasteiger partial charge on any atom is -0.274 e. The van der Waals surface area contributed by atoms with Crippen LogP contribution in [0.2, 0.25) is 0 Å². The lowest BCUT2D eigenvalue weighted by molar-refractivity contribution is 0.600. The molecule has 5 heteroatoms. The molecular formula is C14H18N2O2S. The Hall–Kier alpha value is -1.62. The Morgan fingerprint density at radius 3 is 2.47 bits per heavy atom. The molecular weight excluding hydrogens is 260 g/mol. The zero-order valence-electron chi connectivity index (χ0n) is 11.6. The lowest BCUT2D eigenvalue weighted by Crippen LogP contribution is -2.24. The number of pyridine rings is 1. The number of hydrogen-bond donors (Lipinski definition) is 0. The molecule has 0 unspecified atom stereocenters. The average Bonchev–Trinajstić information content (AvgIpc) is 2.35. The Morgan fingerprint density at radius 1 is 1.21 bits per heavy atom. The van der Waals surface area contributed by atoms with Crippen LogP contribution in [0.5, 0.6) is 0 Å². The molecule has 1 aromatic carbocycles. The lowest BCUT2D eigenvalue weighted by Gasteiger charge is -2.17. The van der Waals surface area contributed by atoms with Gasteiger partial charge in [-0.15, -0.1) is 0 Å². The SMILES string of the molecule is CC(C)c1cnc2ccc(N(C)S(C)(=O)=O)cc2c1. The third-order valence-electron chi connectivity index (χ3n) is 3.21. The summed E-state index contributed by atoms with van der Waals surface area (Å²) in [5, 5.41) is 0.958. The highest BCUT2D eigenvalue weighted by Gasteiger charge is 2.12. The van der Waals surface area contributed by atoms with E-state index in [-0.39, 0.29) is 0 Å². The van der Waals surface area contributed by atoms with Gasteiger partial charge < -0.3 is 0 Å². The largest absolute Gasteiger partial charge is 0.274 e. The van der Waals surface area contributed by atoms with Crippen LogP contribution in [0, 0.1) is 0 Å². The van der Waals surface area contributed by atoms with Crippen molar-refractivity contribution in [2.24, 2.45) is 0 Å². The van der Waals surface area contributed by atoms with Gasteiger partial charge in [0.05, 0.1) is 17.5 Å². The first-order valence-electron chi connectivity index (χ1n) is 6.12. The highest BCUT2D eigenvalue weighted by molar-refractivity contribution is 7.92. The Labute approximate surface area is 114 Å². The van der Waals surface area contributed by atoms with Crippen molar-refractivity contribution < 1.29 is 8.42 Å². The normalized spacial score (nSPS) is 12.1. The second kappa shape index (κ2) is 4.81. The summed E-state index contributed by atoms with van der Waals surface area (Å²) < 4.78 is 24.4. The number of rotatable bonds is 3. The first-order chi connectivity index (χ1) is 8.79. The van der Waals surface area contributed by atoms with E-state index in [1.807, 2.05) is 18.3 Å². The molecule has 0 aliphatic heterocycles. The maximum Gasteiger partial charge on any atom is 0.231 e. The Kier molecular flexibility index (Phi) is 3.49. The van der Waals surface area contributed by atoms with E-state index in [0.717, 1.165) is 16.5 Å². The third kappa shape index (κ3) is 2.87. The van der Waals surface area contributed by atoms with Gasteiger partial charge in [0, 0.05) is 18.6 Å². The van der Waals surface area contributed by atoms with Gasteiger partial charge in [0.1, 0.15) is 0 Å². The molecule has 0 bridgehead atoms. The topological polar surface area (TPSA) is 50.3 Å². The molecule has 0 N–H and O–H groups in total. The highest BCUT2D eigenvalue weighted by Crippen LogP contribution is 2.24. The highest BCUT2D eigenvalue weighted by atomic mass is 32.2. The van der Waals surface area contributed by atoms with E-state index in [1.54, 1.807) is 13.1 Å². The van der Waals surface area contributed by atoms with Crippen molar-refractivity contribution in [1.82, 2.24) is 4.98 Å². The van der Waals surface area contributed by atoms with Crippen LogP contribution < -0.4 is 4.31 Å². The Bertz CT molecular complexity index is 708. The van der Waals surface area contributed by atoms with Gasteiger partial charge in [-0.2, -0.15) is 0 Å². The number of aromatic nitrogens is 1. The minimum absolute atomic E-state index is 0.396. The van der Waals surface area contributed by atoms with Gasteiger partial charge >= 0.3 is 0 Å². The lowest BCUT2D eigenvalue weighted by atomic mass is 10.0. The standard InChI is InChI=1S/C14H18N2O2S/c1-10(2)12-7-11-8-13(16(3)19(4,17)18)5-6-14(11)15-9-12/h5-10H,1-4H3. The summed E-state index contributed by atoms with van der Waals surface area (Å²) in [5.41, 5.74) is 2.67. The molecule has 102 valence electrons. The van der Waals surface area contributed by atoms with Crippen molar-refractivity contribution in [3.63, 3.8) is 0 Å². The average molecular weight is 278 g/mol. The van der Waals surface area contributed by atoms with Crippen LogP contribution in [0.4, 0.5) is 5.69 Å². The van der Waals surface area contributed by atoms with Crippen molar-refractivity contribution in [2.75, 3.05) is 17.6 Å². The van der Waals surface area contributed by atoms with E-state index >= 15 is 0 Å². The monoisotopic (exact) mass is 278 g/mol. The van der Waals surface area contributed by atoms with Gasteiger partial charge in [0.2, 0.25) is 10.0 Å². The molecule has 0 fully saturated rings. The van der Waals surface area contributed by atoms with E-state index in [2.05, 4.69) is 24.9 Å². The van der Waals surface area contributed by atoms with Crippen LogP contribution in [-0.2, 0) is 10.0 Å². The van der Waals surface area contributed by atoms with E-state index in [0.29, 0.717) is 11.6 Å². The quantitative estimate of drug-likeness (QED) is 0.867. The van der Waals surface area contributed by atoms with Gasteiger partial charge in [-0.25, -0.2) is 8.42 Å². The summed E-state index contributed by atoms with van der Waals surface area (Å²) in [6, 6.07) is 7.53. The molecule has 1 heterocycles.